The lowest BCUT2D eigenvalue weighted by Gasteiger charge is -2.38. The Morgan fingerprint density at radius 2 is 2.40 bits per heavy atom. The fourth-order valence-electron chi connectivity index (χ4n) is 2.48. The van der Waals surface area contributed by atoms with E-state index < -0.39 is 0 Å². The quantitative estimate of drug-likeness (QED) is 0.755. The van der Waals surface area contributed by atoms with Gasteiger partial charge < -0.3 is 14.7 Å². The van der Waals surface area contributed by atoms with Gasteiger partial charge in [0.1, 0.15) is 11.6 Å². The van der Waals surface area contributed by atoms with Crippen molar-refractivity contribution in [2.45, 2.75) is 26.0 Å². The molecule has 0 aliphatic carbocycles. The molecule has 3 rings (SSSR count). The van der Waals surface area contributed by atoms with E-state index in [0.717, 1.165) is 5.82 Å². The summed E-state index contributed by atoms with van der Waals surface area (Å²) in [6, 6.07) is 1.92. The van der Waals surface area contributed by atoms with Gasteiger partial charge in [-0.25, -0.2) is 19.3 Å². The van der Waals surface area contributed by atoms with E-state index in [2.05, 4.69) is 20.1 Å². The minimum absolute atomic E-state index is 0.0215. The molecule has 2 unspecified atom stereocenters. The molecule has 8 nitrogen and oxygen atoms in total. The van der Waals surface area contributed by atoms with Crippen LogP contribution in [0.5, 0.6) is 0 Å². The highest BCUT2D eigenvalue weighted by atomic mass is 16.5. The van der Waals surface area contributed by atoms with Crippen LogP contribution in [-0.4, -0.2) is 56.6 Å². The van der Waals surface area contributed by atoms with Crippen LogP contribution in [-0.2, 0) is 4.74 Å². The average molecular weight is 279 g/mol. The van der Waals surface area contributed by atoms with Crippen molar-refractivity contribution < 1.29 is 9.84 Å². The van der Waals surface area contributed by atoms with E-state index in [1.54, 1.807) is 13.0 Å². The first-order valence-electron chi connectivity index (χ1n) is 6.54. The van der Waals surface area contributed by atoms with Crippen molar-refractivity contribution in [3.63, 3.8) is 0 Å². The van der Waals surface area contributed by atoms with Gasteiger partial charge in [0, 0.05) is 12.6 Å². The van der Waals surface area contributed by atoms with E-state index in [9.17, 15) is 9.90 Å². The molecule has 20 heavy (non-hydrogen) atoms. The number of nitrogens with one attached hydrogen (secondary N) is 1. The number of fused-ring (bicyclic) bond motifs is 1. The SMILES string of the molecule is Cc1nc(N2CC(CO)OCC2C)cc2n[nH]c(=O)n12. The first kappa shape index (κ1) is 13.1. The number of ether oxygens (including phenoxy) is 1. The van der Waals surface area contributed by atoms with E-state index in [-0.39, 0.29) is 24.4 Å². The number of hydrogen-bond donors (Lipinski definition) is 2. The topological polar surface area (TPSA) is 95.8 Å². The lowest BCUT2D eigenvalue weighted by Crippen LogP contribution is -2.50. The fraction of sp³-hybridized carbons (Fsp3) is 0.583. The molecular formula is C12H17N5O3. The maximum atomic E-state index is 11.6. The van der Waals surface area contributed by atoms with E-state index in [4.69, 9.17) is 4.74 Å². The molecule has 1 aliphatic heterocycles. The Morgan fingerprint density at radius 3 is 3.15 bits per heavy atom. The Morgan fingerprint density at radius 1 is 1.60 bits per heavy atom. The smallest absolute Gasteiger partial charge is 0.349 e. The zero-order valence-corrected chi connectivity index (χ0v) is 11.4. The van der Waals surface area contributed by atoms with Crippen molar-refractivity contribution >= 4 is 11.5 Å². The minimum atomic E-state index is -0.292. The Hall–Kier alpha value is -1.93. The average Bonchev–Trinajstić information content (AvgIpc) is 2.81. The lowest BCUT2D eigenvalue weighted by atomic mass is 10.2. The number of rotatable bonds is 2. The number of aromatic nitrogens is 4. The Kier molecular flexibility index (Phi) is 3.19. The summed E-state index contributed by atoms with van der Waals surface area (Å²) < 4.78 is 6.95. The predicted octanol–water partition coefficient (Wildman–Crippen LogP) is -0.688. The van der Waals surface area contributed by atoms with Gasteiger partial charge in [-0.15, -0.1) is 0 Å². The van der Waals surface area contributed by atoms with Crippen LogP contribution in [0.4, 0.5) is 5.82 Å². The van der Waals surface area contributed by atoms with Gasteiger partial charge in [-0.3, -0.25) is 0 Å². The van der Waals surface area contributed by atoms with Crippen molar-refractivity contribution in [1.82, 2.24) is 19.6 Å². The molecule has 0 radical (unpaired) electrons. The van der Waals surface area contributed by atoms with Crippen molar-refractivity contribution in [3.8, 4) is 0 Å². The number of hydrogen-bond acceptors (Lipinski definition) is 6. The van der Waals surface area contributed by atoms with Crippen LogP contribution in [0, 0.1) is 6.92 Å². The van der Waals surface area contributed by atoms with E-state index >= 15 is 0 Å². The number of aryl methyl sites for hydroxylation is 1. The van der Waals surface area contributed by atoms with Crippen LogP contribution in [0.2, 0.25) is 0 Å². The Labute approximate surface area is 115 Å². The molecule has 0 amide bonds. The highest BCUT2D eigenvalue weighted by Gasteiger charge is 2.27. The summed E-state index contributed by atoms with van der Waals surface area (Å²) in [5.74, 6) is 1.32. The first-order valence-corrected chi connectivity index (χ1v) is 6.54. The van der Waals surface area contributed by atoms with Crippen LogP contribution in [0.3, 0.4) is 0 Å². The van der Waals surface area contributed by atoms with Gasteiger partial charge in [-0.2, -0.15) is 5.10 Å². The number of aliphatic hydroxyl groups excluding tert-OH is 1. The lowest BCUT2D eigenvalue weighted by molar-refractivity contribution is -0.0105. The summed E-state index contributed by atoms with van der Waals surface area (Å²) in [6.07, 6.45) is -0.217. The first-order chi connectivity index (χ1) is 9.60. The molecule has 2 aromatic rings. The summed E-state index contributed by atoms with van der Waals surface area (Å²) in [5, 5.41) is 15.6. The maximum Gasteiger partial charge on any atom is 0.349 e. The second-order valence-electron chi connectivity index (χ2n) is 5.02. The molecule has 3 heterocycles. The minimum Gasteiger partial charge on any atom is -0.394 e. The molecule has 2 aromatic heterocycles. The van der Waals surface area contributed by atoms with Crippen molar-refractivity contribution in [2.24, 2.45) is 0 Å². The summed E-state index contributed by atoms with van der Waals surface area (Å²) in [5.41, 5.74) is 0.247. The highest BCUT2D eigenvalue weighted by molar-refractivity contribution is 5.52. The summed E-state index contributed by atoms with van der Waals surface area (Å²) in [7, 11) is 0. The number of nitrogens with zero attached hydrogens (tertiary/aromatic N) is 4. The van der Waals surface area contributed by atoms with Gasteiger partial charge in [-0.05, 0) is 13.8 Å². The Balaban J connectivity index is 2.02. The third kappa shape index (κ3) is 2.06. The third-order valence-electron chi connectivity index (χ3n) is 3.56. The molecule has 1 fully saturated rings. The van der Waals surface area contributed by atoms with Gasteiger partial charge in [0.15, 0.2) is 5.65 Å². The summed E-state index contributed by atoms with van der Waals surface area (Å²) in [6.45, 7) is 4.87. The second-order valence-corrected chi connectivity index (χ2v) is 5.02. The van der Waals surface area contributed by atoms with Crippen LogP contribution in [0.25, 0.3) is 5.65 Å². The van der Waals surface area contributed by atoms with Gasteiger partial charge in [0.2, 0.25) is 0 Å². The molecule has 0 aromatic carbocycles. The van der Waals surface area contributed by atoms with Crippen molar-refractivity contribution in [1.29, 1.82) is 0 Å². The predicted molar refractivity (Wildman–Crippen MR) is 72.0 cm³/mol. The van der Waals surface area contributed by atoms with Gasteiger partial charge in [0.25, 0.3) is 0 Å². The second kappa shape index (κ2) is 4.88. The van der Waals surface area contributed by atoms with Gasteiger partial charge in [0.05, 0.1) is 25.4 Å². The highest BCUT2D eigenvalue weighted by Crippen LogP contribution is 2.21. The summed E-state index contributed by atoms with van der Waals surface area (Å²) >= 11 is 0. The van der Waals surface area contributed by atoms with Crippen molar-refractivity contribution in [2.75, 3.05) is 24.7 Å². The van der Waals surface area contributed by atoms with E-state index in [1.807, 2.05) is 6.92 Å². The largest absolute Gasteiger partial charge is 0.394 e. The molecule has 2 N–H and O–H groups in total. The standard InChI is InChI=1S/C12H17N5O3/c1-7-6-20-9(5-18)4-16(7)10-3-11-14-15-12(19)17(11)8(2)13-10/h3,7,9,18H,4-6H2,1-2H3,(H,15,19). The van der Waals surface area contributed by atoms with Crippen LogP contribution in [0.1, 0.15) is 12.7 Å². The number of morpholine rings is 1. The normalized spacial score (nSPS) is 23.4. The van der Waals surface area contributed by atoms with Crippen LogP contribution < -0.4 is 10.6 Å². The molecule has 0 spiro atoms. The van der Waals surface area contributed by atoms with Gasteiger partial charge >= 0.3 is 5.69 Å². The molecule has 1 aliphatic rings. The summed E-state index contributed by atoms with van der Waals surface area (Å²) in [4.78, 5) is 18.1. The van der Waals surface area contributed by atoms with Crippen LogP contribution >= 0.6 is 0 Å². The number of aromatic amines is 1. The molecular weight excluding hydrogens is 262 g/mol. The van der Waals surface area contributed by atoms with Crippen LogP contribution in [0.15, 0.2) is 10.9 Å². The van der Waals surface area contributed by atoms with Gasteiger partial charge in [-0.1, -0.05) is 0 Å². The fourth-order valence-corrected chi connectivity index (χ4v) is 2.48. The Bertz CT molecular complexity index is 679. The maximum absolute atomic E-state index is 11.6. The third-order valence-corrected chi connectivity index (χ3v) is 3.56. The number of H-pyrrole nitrogens is 1. The number of anilines is 1. The molecule has 1 saturated heterocycles. The molecule has 0 saturated carbocycles. The number of aliphatic hydroxyl groups is 1. The molecule has 2 atom stereocenters. The molecule has 8 heteroatoms. The zero-order valence-electron chi connectivity index (χ0n) is 11.4. The zero-order chi connectivity index (χ0) is 14.3. The molecule has 108 valence electrons. The van der Waals surface area contributed by atoms with Crippen molar-refractivity contribution in [3.05, 3.63) is 22.4 Å². The monoisotopic (exact) mass is 279 g/mol. The molecule has 0 bridgehead atoms. The van der Waals surface area contributed by atoms with E-state index in [1.165, 1.54) is 4.40 Å². The van der Waals surface area contributed by atoms with E-state index in [0.29, 0.717) is 24.6 Å².